The molecule has 152 valence electrons. The summed E-state index contributed by atoms with van der Waals surface area (Å²) in [6.07, 6.45) is 9.03. The monoisotopic (exact) mass is 393 g/mol. The molecule has 4 heterocycles. The molecule has 1 atom stereocenters. The van der Waals surface area contributed by atoms with Crippen LogP contribution >= 0.6 is 0 Å². The quantitative estimate of drug-likeness (QED) is 0.796. The van der Waals surface area contributed by atoms with Crippen molar-refractivity contribution in [2.75, 3.05) is 26.2 Å². The summed E-state index contributed by atoms with van der Waals surface area (Å²) < 4.78 is 0. The smallest absolute Gasteiger partial charge is 0.257 e. The maximum absolute atomic E-state index is 13.1. The first kappa shape index (κ1) is 19.5. The molecule has 0 aromatic carbocycles. The van der Waals surface area contributed by atoms with Gasteiger partial charge < -0.3 is 9.80 Å². The molecular formula is C22H27N5O2. The lowest BCUT2D eigenvalue weighted by atomic mass is 9.73. The molecular weight excluding hydrogens is 366 g/mol. The van der Waals surface area contributed by atoms with Gasteiger partial charge in [0, 0.05) is 62.5 Å². The van der Waals surface area contributed by atoms with Crippen molar-refractivity contribution in [3.63, 3.8) is 0 Å². The van der Waals surface area contributed by atoms with Crippen LogP contribution in [0.15, 0.2) is 36.9 Å². The number of pyridine rings is 1. The lowest BCUT2D eigenvalue weighted by molar-refractivity contribution is -0.138. The molecule has 0 N–H and O–H groups in total. The van der Waals surface area contributed by atoms with E-state index in [1.807, 2.05) is 34.9 Å². The standard InChI is InChI=1S/C22H27N5O2/c1-17-19(13-23-16-25-17)21(29)27-11-4-8-22(15-27)9-6-20(28)26(14-22)12-7-18-5-2-3-10-24-18/h2-3,5,10,13,16H,4,6-9,11-12,14-15H2,1H3. The SMILES string of the molecule is Cc1ncncc1C(=O)N1CCCC2(CCC(=O)N(CCc3ccccn3)C2)C1. The zero-order chi connectivity index (χ0) is 20.3. The number of likely N-dealkylation sites (tertiary alicyclic amines) is 2. The fourth-order valence-corrected chi connectivity index (χ4v) is 4.59. The zero-order valence-corrected chi connectivity index (χ0v) is 16.9. The van der Waals surface area contributed by atoms with Gasteiger partial charge in [-0.15, -0.1) is 0 Å². The summed E-state index contributed by atoms with van der Waals surface area (Å²) in [5, 5.41) is 0. The number of carbonyl (C=O) groups is 2. The second-order valence-electron chi connectivity index (χ2n) is 8.24. The lowest BCUT2D eigenvalue weighted by Crippen LogP contribution is -2.55. The molecule has 7 nitrogen and oxygen atoms in total. The number of carbonyl (C=O) groups excluding carboxylic acids is 2. The van der Waals surface area contributed by atoms with Crippen molar-refractivity contribution < 1.29 is 9.59 Å². The molecule has 2 saturated heterocycles. The predicted molar refractivity (Wildman–Crippen MR) is 108 cm³/mol. The summed E-state index contributed by atoms with van der Waals surface area (Å²) in [4.78, 5) is 42.0. The van der Waals surface area contributed by atoms with Crippen LogP contribution in [0.3, 0.4) is 0 Å². The maximum atomic E-state index is 13.1. The van der Waals surface area contributed by atoms with Gasteiger partial charge in [0.1, 0.15) is 6.33 Å². The molecule has 2 amide bonds. The molecule has 2 aromatic rings. The molecule has 7 heteroatoms. The van der Waals surface area contributed by atoms with Crippen molar-refractivity contribution in [1.29, 1.82) is 0 Å². The Bertz CT molecular complexity index is 888. The minimum atomic E-state index is -0.0184. The van der Waals surface area contributed by atoms with Gasteiger partial charge in [-0.25, -0.2) is 9.97 Å². The largest absolute Gasteiger partial charge is 0.342 e. The van der Waals surface area contributed by atoms with Crippen LogP contribution in [0.4, 0.5) is 0 Å². The summed E-state index contributed by atoms with van der Waals surface area (Å²) in [6, 6.07) is 5.87. The van der Waals surface area contributed by atoms with Crippen LogP contribution in [-0.2, 0) is 11.2 Å². The summed E-state index contributed by atoms with van der Waals surface area (Å²) in [6.45, 7) is 4.67. The number of aromatic nitrogens is 3. The third-order valence-electron chi connectivity index (χ3n) is 6.20. The summed E-state index contributed by atoms with van der Waals surface area (Å²) in [7, 11) is 0. The highest BCUT2D eigenvalue weighted by Crippen LogP contribution is 2.39. The maximum Gasteiger partial charge on any atom is 0.257 e. The van der Waals surface area contributed by atoms with E-state index in [1.165, 1.54) is 6.33 Å². The van der Waals surface area contributed by atoms with Crippen LogP contribution in [0.5, 0.6) is 0 Å². The van der Waals surface area contributed by atoms with Gasteiger partial charge in [-0.1, -0.05) is 6.07 Å². The molecule has 2 aromatic heterocycles. The van der Waals surface area contributed by atoms with E-state index < -0.39 is 0 Å². The second-order valence-corrected chi connectivity index (χ2v) is 8.24. The molecule has 1 spiro atoms. The van der Waals surface area contributed by atoms with E-state index in [0.717, 1.165) is 37.9 Å². The van der Waals surface area contributed by atoms with E-state index in [0.29, 0.717) is 37.3 Å². The van der Waals surface area contributed by atoms with Crippen molar-refractivity contribution >= 4 is 11.8 Å². The molecule has 4 rings (SSSR count). The van der Waals surface area contributed by atoms with Crippen molar-refractivity contribution in [2.24, 2.45) is 5.41 Å². The van der Waals surface area contributed by atoms with Gasteiger partial charge in [-0.3, -0.25) is 14.6 Å². The van der Waals surface area contributed by atoms with Crippen molar-refractivity contribution in [3.8, 4) is 0 Å². The molecule has 2 fully saturated rings. The third-order valence-corrected chi connectivity index (χ3v) is 6.20. The second kappa shape index (κ2) is 8.27. The Hall–Kier alpha value is -2.83. The number of piperidine rings is 2. The number of amides is 2. The Kier molecular flexibility index (Phi) is 5.56. The Morgan fingerprint density at radius 2 is 2.10 bits per heavy atom. The van der Waals surface area contributed by atoms with E-state index in [9.17, 15) is 9.59 Å². The van der Waals surface area contributed by atoms with E-state index >= 15 is 0 Å². The van der Waals surface area contributed by atoms with Crippen LogP contribution in [-0.4, -0.2) is 62.7 Å². The van der Waals surface area contributed by atoms with Gasteiger partial charge in [0.05, 0.1) is 11.3 Å². The molecule has 0 aliphatic carbocycles. The van der Waals surface area contributed by atoms with Crippen molar-refractivity contribution in [2.45, 2.75) is 39.0 Å². The zero-order valence-electron chi connectivity index (χ0n) is 16.9. The van der Waals surface area contributed by atoms with E-state index in [4.69, 9.17) is 0 Å². The first-order valence-electron chi connectivity index (χ1n) is 10.3. The van der Waals surface area contributed by atoms with Gasteiger partial charge in [0.15, 0.2) is 0 Å². The molecule has 29 heavy (non-hydrogen) atoms. The Morgan fingerprint density at radius 1 is 1.21 bits per heavy atom. The highest BCUT2D eigenvalue weighted by Gasteiger charge is 2.42. The van der Waals surface area contributed by atoms with Crippen molar-refractivity contribution in [3.05, 3.63) is 53.9 Å². The van der Waals surface area contributed by atoms with E-state index in [1.54, 1.807) is 12.4 Å². The number of aryl methyl sites for hydroxylation is 1. The molecule has 0 radical (unpaired) electrons. The van der Waals surface area contributed by atoms with Crippen LogP contribution < -0.4 is 0 Å². The fraction of sp³-hybridized carbons (Fsp3) is 0.500. The number of hydrogen-bond donors (Lipinski definition) is 0. The van der Waals surface area contributed by atoms with Crippen LogP contribution in [0.1, 0.15) is 47.4 Å². The minimum Gasteiger partial charge on any atom is -0.342 e. The average Bonchev–Trinajstić information content (AvgIpc) is 2.75. The summed E-state index contributed by atoms with van der Waals surface area (Å²) in [5.41, 5.74) is 2.26. The average molecular weight is 393 g/mol. The topological polar surface area (TPSA) is 79.3 Å². The molecule has 0 saturated carbocycles. The Balaban J connectivity index is 1.44. The summed E-state index contributed by atoms with van der Waals surface area (Å²) in [5.74, 6) is 0.210. The predicted octanol–water partition coefficient (Wildman–Crippen LogP) is 2.27. The highest BCUT2D eigenvalue weighted by molar-refractivity contribution is 5.95. The van der Waals surface area contributed by atoms with Crippen LogP contribution in [0, 0.1) is 12.3 Å². The normalized spacial score (nSPS) is 22.2. The van der Waals surface area contributed by atoms with Gasteiger partial charge in [-0.05, 0) is 38.3 Å². The Morgan fingerprint density at radius 3 is 2.90 bits per heavy atom. The number of nitrogens with zero attached hydrogens (tertiary/aromatic N) is 5. The highest BCUT2D eigenvalue weighted by atomic mass is 16.2. The van der Waals surface area contributed by atoms with Crippen molar-refractivity contribution in [1.82, 2.24) is 24.8 Å². The van der Waals surface area contributed by atoms with Crippen LogP contribution in [0.2, 0.25) is 0 Å². The Labute approximate surface area is 171 Å². The molecule has 2 aliphatic rings. The van der Waals surface area contributed by atoms with Crippen LogP contribution in [0.25, 0.3) is 0 Å². The number of hydrogen-bond acceptors (Lipinski definition) is 5. The summed E-state index contributed by atoms with van der Waals surface area (Å²) >= 11 is 0. The molecule has 2 aliphatic heterocycles. The van der Waals surface area contributed by atoms with Gasteiger partial charge in [-0.2, -0.15) is 0 Å². The first-order chi connectivity index (χ1) is 14.1. The van der Waals surface area contributed by atoms with Gasteiger partial charge in [0.2, 0.25) is 5.91 Å². The molecule has 0 bridgehead atoms. The lowest BCUT2D eigenvalue weighted by Gasteiger charge is -2.48. The van der Waals surface area contributed by atoms with E-state index in [-0.39, 0.29) is 17.2 Å². The molecule has 1 unspecified atom stereocenters. The fourth-order valence-electron chi connectivity index (χ4n) is 4.59. The van der Waals surface area contributed by atoms with Gasteiger partial charge in [0.25, 0.3) is 5.91 Å². The number of rotatable bonds is 4. The third kappa shape index (κ3) is 4.28. The first-order valence-corrected chi connectivity index (χ1v) is 10.3. The van der Waals surface area contributed by atoms with E-state index in [2.05, 4.69) is 15.0 Å². The van der Waals surface area contributed by atoms with Gasteiger partial charge >= 0.3 is 0 Å². The minimum absolute atomic E-state index is 0.000824.